The van der Waals surface area contributed by atoms with Crippen molar-refractivity contribution in [2.45, 2.75) is 226 Å². The minimum Gasteiger partial charge on any atom is -0.294 e. The number of hydrogen-bond donors (Lipinski definition) is 0. The molecule has 1 nitrogen and oxygen atoms in total. The molecule has 0 aliphatic carbocycles. The maximum absolute atomic E-state index is 2.77. The highest BCUT2D eigenvalue weighted by Crippen LogP contribution is 2.16. The summed E-state index contributed by atoms with van der Waals surface area (Å²) in [6.07, 6.45) is 46.8. The largest absolute Gasteiger partial charge is 0.294 e. The van der Waals surface area contributed by atoms with Crippen LogP contribution in [0, 0.1) is 0 Å². The normalized spacial score (nSPS) is 11.7. The van der Waals surface area contributed by atoms with E-state index >= 15 is 0 Å². The monoisotopic (exact) mass is 596 g/mol. The molecule has 0 heterocycles. The molecule has 41 heavy (non-hydrogen) atoms. The first kappa shape index (κ1) is 41.3. The van der Waals surface area contributed by atoms with E-state index in [1.54, 1.807) is 0 Å². The lowest BCUT2D eigenvalue weighted by molar-refractivity contribution is 0.302. The Hall–Kier alpha value is 0.310. The average molecular weight is 596 g/mol. The molecule has 0 fully saturated rings. The van der Waals surface area contributed by atoms with E-state index in [4.69, 9.17) is 0 Å². The van der Waals surface area contributed by atoms with Crippen molar-refractivity contribution in [3.63, 3.8) is 0 Å². The summed E-state index contributed by atoms with van der Waals surface area (Å²) in [5.74, 6) is 2.52. The zero-order valence-electron chi connectivity index (χ0n) is 29.3. The molecule has 0 aromatic heterocycles. The van der Waals surface area contributed by atoms with Gasteiger partial charge in [-0.3, -0.25) is 4.90 Å². The molecule has 0 atom stereocenters. The van der Waals surface area contributed by atoms with Crippen molar-refractivity contribution in [2.24, 2.45) is 0 Å². The maximum Gasteiger partial charge on any atom is 0.0444 e. The molecule has 0 aliphatic rings. The van der Waals surface area contributed by atoms with Crippen molar-refractivity contribution in [3.8, 4) is 0 Å². The zero-order valence-corrected chi connectivity index (χ0v) is 30.1. The highest BCUT2D eigenvalue weighted by atomic mass is 32.2. The quantitative estimate of drug-likeness (QED) is 0.0519. The van der Waals surface area contributed by atoms with Crippen LogP contribution < -0.4 is 0 Å². The molecule has 0 aliphatic heterocycles. The predicted molar refractivity (Wildman–Crippen MR) is 194 cm³/mol. The molecular formula is C39H81NS. The third kappa shape index (κ3) is 36.4. The van der Waals surface area contributed by atoms with Gasteiger partial charge < -0.3 is 0 Å². The van der Waals surface area contributed by atoms with Crippen molar-refractivity contribution >= 4 is 11.8 Å². The van der Waals surface area contributed by atoms with Crippen LogP contribution in [0.15, 0.2) is 0 Å². The summed E-state index contributed by atoms with van der Waals surface area (Å²) in [6.45, 7) is 9.61. The fraction of sp³-hybridized carbons (Fsp3) is 1.00. The summed E-state index contributed by atoms with van der Waals surface area (Å²) < 4.78 is 0. The third-order valence-electron chi connectivity index (χ3n) is 9.13. The van der Waals surface area contributed by atoms with E-state index in [0.717, 1.165) is 0 Å². The van der Waals surface area contributed by atoms with Crippen LogP contribution in [0.5, 0.6) is 0 Å². The van der Waals surface area contributed by atoms with E-state index in [9.17, 15) is 0 Å². The molecule has 0 N–H and O–H groups in total. The Balaban J connectivity index is 3.44. The van der Waals surface area contributed by atoms with Gasteiger partial charge in [0, 0.05) is 5.88 Å². The van der Waals surface area contributed by atoms with Crippen LogP contribution >= 0.6 is 11.8 Å². The van der Waals surface area contributed by atoms with Gasteiger partial charge in [0.25, 0.3) is 0 Å². The number of hydrogen-bond acceptors (Lipinski definition) is 2. The van der Waals surface area contributed by atoms with Crippen LogP contribution in [0.1, 0.15) is 226 Å². The molecule has 0 amide bonds. The number of rotatable bonds is 37. The second kappa shape index (κ2) is 38.3. The fourth-order valence-corrected chi connectivity index (χ4v) is 6.93. The van der Waals surface area contributed by atoms with Crippen LogP contribution in [0.4, 0.5) is 0 Å². The molecule has 0 saturated heterocycles. The maximum atomic E-state index is 2.77. The smallest absolute Gasteiger partial charge is 0.0444 e. The SMILES string of the molecule is CCCCCCCCCCCCCCCCCCN(CCCCCCCCCCCCCCCCCC)CSCC. The van der Waals surface area contributed by atoms with Gasteiger partial charge in [-0.05, 0) is 31.7 Å². The van der Waals surface area contributed by atoms with E-state index < -0.39 is 0 Å². The molecule has 0 spiro atoms. The van der Waals surface area contributed by atoms with E-state index in [2.05, 4.69) is 37.4 Å². The Morgan fingerprint density at radius 2 is 0.512 bits per heavy atom. The highest BCUT2D eigenvalue weighted by Gasteiger charge is 2.05. The van der Waals surface area contributed by atoms with Gasteiger partial charge in [0.15, 0.2) is 0 Å². The van der Waals surface area contributed by atoms with Crippen molar-refractivity contribution in [1.82, 2.24) is 4.90 Å². The first-order valence-electron chi connectivity index (χ1n) is 19.6. The molecule has 248 valence electrons. The van der Waals surface area contributed by atoms with Gasteiger partial charge in [0.2, 0.25) is 0 Å². The van der Waals surface area contributed by atoms with E-state index in [1.807, 2.05) is 0 Å². The average Bonchev–Trinajstić information content (AvgIpc) is 2.98. The Bertz CT molecular complexity index is 403. The highest BCUT2D eigenvalue weighted by molar-refractivity contribution is 7.99. The molecule has 0 aromatic carbocycles. The minimum absolute atomic E-state index is 1.26. The molecule has 0 saturated carbocycles. The molecular weight excluding hydrogens is 515 g/mol. The van der Waals surface area contributed by atoms with E-state index in [-0.39, 0.29) is 0 Å². The van der Waals surface area contributed by atoms with Crippen LogP contribution in [-0.4, -0.2) is 29.6 Å². The summed E-state index contributed by atoms with van der Waals surface area (Å²) >= 11 is 2.12. The lowest BCUT2D eigenvalue weighted by atomic mass is 10.0. The lowest BCUT2D eigenvalue weighted by Crippen LogP contribution is -2.26. The van der Waals surface area contributed by atoms with Crippen molar-refractivity contribution in [2.75, 3.05) is 24.7 Å². The Morgan fingerprint density at radius 3 is 0.732 bits per heavy atom. The molecule has 0 radical (unpaired) electrons. The van der Waals surface area contributed by atoms with Crippen molar-refractivity contribution in [3.05, 3.63) is 0 Å². The number of thioether (sulfide) groups is 1. The van der Waals surface area contributed by atoms with E-state index in [0.29, 0.717) is 0 Å². The topological polar surface area (TPSA) is 3.24 Å². The second-order valence-corrected chi connectivity index (χ2v) is 14.6. The second-order valence-electron chi connectivity index (χ2n) is 13.3. The van der Waals surface area contributed by atoms with Gasteiger partial charge >= 0.3 is 0 Å². The number of unbranched alkanes of at least 4 members (excludes halogenated alkanes) is 30. The van der Waals surface area contributed by atoms with Gasteiger partial charge in [-0.2, -0.15) is 0 Å². The summed E-state index contributed by atoms with van der Waals surface area (Å²) in [5, 5.41) is 0. The van der Waals surface area contributed by atoms with Crippen molar-refractivity contribution < 1.29 is 0 Å². The molecule has 0 aromatic rings. The minimum atomic E-state index is 1.26. The van der Waals surface area contributed by atoms with E-state index in [1.165, 1.54) is 230 Å². The summed E-state index contributed by atoms with van der Waals surface area (Å²) in [7, 11) is 0. The summed E-state index contributed by atoms with van der Waals surface area (Å²) in [6, 6.07) is 0. The van der Waals surface area contributed by atoms with Crippen LogP contribution in [0.2, 0.25) is 0 Å². The molecule has 2 heteroatoms. The molecule has 0 rings (SSSR count). The van der Waals surface area contributed by atoms with Crippen LogP contribution in [0.3, 0.4) is 0 Å². The molecule has 0 bridgehead atoms. The number of nitrogens with zero attached hydrogens (tertiary/aromatic N) is 1. The zero-order chi connectivity index (χ0) is 29.7. The van der Waals surface area contributed by atoms with Crippen molar-refractivity contribution in [1.29, 1.82) is 0 Å². The Morgan fingerprint density at radius 1 is 0.293 bits per heavy atom. The first-order chi connectivity index (χ1) is 20.3. The van der Waals surface area contributed by atoms with Crippen LogP contribution in [0.25, 0.3) is 0 Å². The van der Waals surface area contributed by atoms with Gasteiger partial charge in [0.1, 0.15) is 0 Å². The Kier molecular flexibility index (Phi) is 38.6. The van der Waals surface area contributed by atoms with Gasteiger partial charge in [-0.15, -0.1) is 11.8 Å². The lowest BCUT2D eigenvalue weighted by Gasteiger charge is -2.21. The summed E-state index contributed by atoms with van der Waals surface area (Å²) in [5.41, 5.74) is 0. The third-order valence-corrected chi connectivity index (χ3v) is 10.1. The van der Waals surface area contributed by atoms with Gasteiger partial charge in [-0.1, -0.05) is 213 Å². The first-order valence-corrected chi connectivity index (χ1v) is 20.8. The van der Waals surface area contributed by atoms with Gasteiger partial charge in [-0.25, -0.2) is 0 Å². The molecule has 0 unspecified atom stereocenters. The standard InChI is InChI=1S/C39H81NS/c1-4-7-9-11-13-15-17-19-21-23-25-27-29-31-33-35-37-40(39-41-6-3)38-36-34-32-30-28-26-24-22-20-18-16-14-12-10-8-5-2/h4-39H2,1-3H3. The summed E-state index contributed by atoms with van der Waals surface area (Å²) in [4.78, 5) is 2.77. The van der Waals surface area contributed by atoms with Gasteiger partial charge in [0.05, 0.1) is 0 Å². The Labute approximate surface area is 266 Å². The fourth-order valence-electron chi connectivity index (χ4n) is 6.23. The van der Waals surface area contributed by atoms with Crippen LogP contribution in [-0.2, 0) is 0 Å². The predicted octanol–water partition coefficient (Wildman–Crippen LogP) is 14.5.